The summed E-state index contributed by atoms with van der Waals surface area (Å²) >= 11 is 0. The van der Waals surface area contributed by atoms with Gasteiger partial charge < -0.3 is 10.0 Å². The van der Waals surface area contributed by atoms with Crippen LogP contribution in [-0.2, 0) is 4.79 Å². The monoisotopic (exact) mass is 211 g/mol. The molecule has 2 heterocycles. The smallest absolute Gasteiger partial charge is 0.303 e. The van der Waals surface area contributed by atoms with E-state index in [1.54, 1.807) is 0 Å². The molecule has 0 radical (unpaired) electrons. The molecule has 15 heavy (non-hydrogen) atoms. The van der Waals surface area contributed by atoms with E-state index >= 15 is 0 Å². The Morgan fingerprint density at radius 1 is 1.47 bits per heavy atom. The Labute approximate surface area is 91.5 Å². The summed E-state index contributed by atoms with van der Waals surface area (Å²) in [5, 5.41) is 8.92. The van der Waals surface area contributed by atoms with Gasteiger partial charge in [0.25, 0.3) is 0 Å². The molecule has 2 aliphatic heterocycles. The molecule has 3 heteroatoms. The summed E-state index contributed by atoms with van der Waals surface area (Å²) in [6.07, 6.45) is 5.14. The van der Waals surface area contributed by atoms with Crippen molar-refractivity contribution in [3.05, 3.63) is 0 Å². The topological polar surface area (TPSA) is 40.5 Å². The van der Waals surface area contributed by atoms with Gasteiger partial charge in [-0.15, -0.1) is 0 Å². The zero-order valence-corrected chi connectivity index (χ0v) is 9.65. The number of rotatable bonds is 3. The highest BCUT2D eigenvalue weighted by atomic mass is 16.4. The second-order valence-corrected chi connectivity index (χ2v) is 5.13. The van der Waals surface area contributed by atoms with Crippen LogP contribution in [0.4, 0.5) is 0 Å². The molecule has 4 atom stereocenters. The molecule has 3 nitrogen and oxygen atoms in total. The number of piperidine rings is 1. The van der Waals surface area contributed by atoms with E-state index < -0.39 is 5.97 Å². The third kappa shape index (κ3) is 1.89. The summed E-state index contributed by atoms with van der Waals surface area (Å²) in [5.74, 6) is 0.397. The number of fused-ring (bicyclic) bond motifs is 2. The van der Waals surface area contributed by atoms with Gasteiger partial charge in [-0.05, 0) is 38.1 Å². The Morgan fingerprint density at radius 2 is 2.20 bits per heavy atom. The van der Waals surface area contributed by atoms with Gasteiger partial charge in [0, 0.05) is 18.5 Å². The van der Waals surface area contributed by atoms with Crippen molar-refractivity contribution in [3.63, 3.8) is 0 Å². The average molecular weight is 211 g/mol. The van der Waals surface area contributed by atoms with E-state index in [1.165, 1.54) is 12.8 Å². The number of carboxylic acids is 1. The van der Waals surface area contributed by atoms with Crippen LogP contribution < -0.4 is 0 Å². The van der Waals surface area contributed by atoms with Gasteiger partial charge in [0.05, 0.1) is 0 Å². The number of hydrogen-bond donors (Lipinski definition) is 1. The van der Waals surface area contributed by atoms with Crippen LogP contribution in [0, 0.1) is 11.8 Å². The molecule has 0 aromatic carbocycles. The molecule has 2 bridgehead atoms. The first-order chi connectivity index (χ1) is 7.13. The van der Waals surface area contributed by atoms with Crippen molar-refractivity contribution >= 4 is 5.97 Å². The van der Waals surface area contributed by atoms with Gasteiger partial charge in [-0.3, -0.25) is 4.79 Å². The molecule has 0 saturated carbocycles. The maximum absolute atomic E-state index is 10.8. The molecule has 4 unspecified atom stereocenters. The van der Waals surface area contributed by atoms with E-state index in [1.807, 2.05) is 0 Å². The Hall–Kier alpha value is -0.570. The molecule has 2 rings (SSSR count). The van der Waals surface area contributed by atoms with Crippen molar-refractivity contribution in [2.45, 2.75) is 51.1 Å². The van der Waals surface area contributed by atoms with Crippen LogP contribution in [0.2, 0.25) is 0 Å². The van der Waals surface area contributed by atoms with Crippen LogP contribution >= 0.6 is 0 Å². The van der Waals surface area contributed by atoms with Gasteiger partial charge in [-0.1, -0.05) is 13.3 Å². The molecule has 1 N–H and O–H groups in total. The minimum Gasteiger partial charge on any atom is -0.481 e. The summed E-state index contributed by atoms with van der Waals surface area (Å²) < 4.78 is 0. The van der Waals surface area contributed by atoms with Crippen LogP contribution in [-0.4, -0.2) is 35.1 Å². The normalized spacial score (nSPS) is 40.7. The lowest BCUT2D eigenvalue weighted by atomic mass is 9.77. The number of nitrogens with zero attached hydrogens (tertiary/aromatic N) is 1. The maximum atomic E-state index is 10.8. The Bertz CT molecular complexity index is 254. The van der Waals surface area contributed by atoms with Crippen molar-refractivity contribution in [1.29, 1.82) is 0 Å². The van der Waals surface area contributed by atoms with E-state index in [4.69, 9.17) is 5.11 Å². The molecule has 86 valence electrons. The molecule has 0 aromatic heterocycles. The predicted octanol–water partition coefficient (Wildman–Crippen LogP) is 1.97. The standard InChI is InChI=1S/C12H21NO2/c1-3-10-8(7-12(14)15)6-9-4-5-11(10)13(9)2/h8-11H,3-7H2,1-2H3,(H,14,15). The summed E-state index contributed by atoms with van der Waals surface area (Å²) in [7, 11) is 2.21. The lowest BCUT2D eigenvalue weighted by Gasteiger charge is -2.42. The largest absolute Gasteiger partial charge is 0.481 e. The van der Waals surface area contributed by atoms with Crippen LogP contribution in [0.3, 0.4) is 0 Å². The molecule has 2 saturated heterocycles. The molecule has 2 aliphatic rings. The SMILES string of the molecule is CCC1C(CC(=O)O)CC2CCC1N2C. The highest BCUT2D eigenvalue weighted by molar-refractivity contribution is 5.67. The molecule has 0 spiro atoms. The second-order valence-electron chi connectivity index (χ2n) is 5.13. The van der Waals surface area contributed by atoms with Crippen molar-refractivity contribution in [3.8, 4) is 0 Å². The first-order valence-electron chi connectivity index (χ1n) is 6.07. The minimum atomic E-state index is -0.623. The van der Waals surface area contributed by atoms with E-state index in [-0.39, 0.29) is 0 Å². The van der Waals surface area contributed by atoms with Gasteiger partial charge in [0.2, 0.25) is 0 Å². The second kappa shape index (κ2) is 4.12. The summed E-state index contributed by atoms with van der Waals surface area (Å²) in [6.45, 7) is 2.20. The zero-order valence-electron chi connectivity index (χ0n) is 9.65. The predicted molar refractivity (Wildman–Crippen MR) is 58.7 cm³/mol. The number of hydrogen-bond acceptors (Lipinski definition) is 2. The molecular weight excluding hydrogens is 190 g/mol. The Kier molecular flexibility index (Phi) is 3.01. The maximum Gasteiger partial charge on any atom is 0.303 e. The first-order valence-corrected chi connectivity index (χ1v) is 6.07. The quantitative estimate of drug-likeness (QED) is 0.776. The number of carbonyl (C=O) groups is 1. The van der Waals surface area contributed by atoms with Gasteiger partial charge in [-0.25, -0.2) is 0 Å². The van der Waals surface area contributed by atoms with Gasteiger partial charge in [0.1, 0.15) is 0 Å². The van der Waals surface area contributed by atoms with Crippen molar-refractivity contribution in [2.24, 2.45) is 11.8 Å². The Morgan fingerprint density at radius 3 is 2.80 bits per heavy atom. The number of carboxylic acid groups (broad SMARTS) is 1. The van der Waals surface area contributed by atoms with Crippen LogP contribution in [0.25, 0.3) is 0 Å². The summed E-state index contributed by atoms with van der Waals surface area (Å²) in [6, 6.07) is 1.31. The van der Waals surface area contributed by atoms with Crippen molar-refractivity contribution in [2.75, 3.05) is 7.05 Å². The minimum absolute atomic E-state index is 0.374. The lowest BCUT2D eigenvalue weighted by Crippen LogP contribution is -2.46. The highest BCUT2D eigenvalue weighted by Crippen LogP contribution is 2.43. The molecule has 2 fully saturated rings. The van der Waals surface area contributed by atoms with Crippen molar-refractivity contribution in [1.82, 2.24) is 4.90 Å². The summed E-state index contributed by atoms with van der Waals surface area (Å²) in [4.78, 5) is 13.3. The zero-order chi connectivity index (χ0) is 11.0. The van der Waals surface area contributed by atoms with Gasteiger partial charge in [0.15, 0.2) is 0 Å². The molecular formula is C12H21NO2. The molecule has 0 aliphatic carbocycles. The third-order valence-corrected chi connectivity index (χ3v) is 4.48. The van der Waals surface area contributed by atoms with E-state index in [0.29, 0.717) is 30.3 Å². The molecule has 0 amide bonds. The van der Waals surface area contributed by atoms with E-state index in [2.05, 4.69) is 18.9 Å². The average Bonchev–Trinajstić information content (AvgIpc) is 2.45. The van der Waals surface area contributed by atoms with Crippen LogP contribution in [0.5, 0.6) is 0 Å². The third-order valence-electron chi connectivity index (χ3n) is 4.48. The van der Waals surface area contributed by atoms with E-state index in [0.717, 1.165) is 12.8 Å². The Balaban J connectivity index is 2.10. The highest BCUT2D eigenvalue weighted by Gasteiger charge is 2.44. The number of aliphatic carboxylic acids is 1. The fraction of sp³-hybridized carbons (Fsp3) is 0.917. The molecule has 0 aromatic rings. The van der Waals surface area contributed by atoms with Crippen molar-refractivity contribution < 1.29 is 9.90 Å². The van der Waals surface area contributed by atoms with E-state index in [9.17, 15) is 4.79 Å². The first kappa shape index (κ1) is 10.9. The van der Waals surface area contributed by atoms with Gasteiger partial charge >= 0.3 is 5.97 Å². The summed E-state index contributed by atoms with van der Waals surface area (Å²) in [5.41, 5.74) is 0. The van der Waals surface area contributed by atoms with Crippen LogP contribution in [0.15, 0.2) is 0 Å². The van der Waals surface area contributed by atoms with Gasteiger partial charge in [-0.2, -0.15) is 0 Å². The lowest BCUT2D eigenvalue weighted by molar-refractivity contribution is -0.139. The van der Waals surface area contributed by atoms with Crippen LogP contribution in [0.1, 0.15) is 39.0 Å². The fourth-order valence-corrected chi connectivity index (χ4v) is 3.74. The fourth-order valence-electron chi connectivity index (χ4n) is 3.74.